The largest absolute Gasteiger partial charge is 0.147 e. The Morgan fingerprint density at radius 2 is 1.07 bits per heavy atom. The van der Waals surface area contributed by atoms with Crippen molar-refractivity contribution >= 4 is 12.4 Å². The van der Waals surface area contributed by atoms with Gasteiger partial charge in [-0.15, -0.1) is 12.4 Å². The van der Waals surface area contributed by atoms with Crippen molar-refractivity contribution in [3.8, 4) is 0 Å². The predicted octanol–water partition coefficient (Wildman–Crippen LogP) is 5.91. The van der Waals surface area contributed by atoms with Gasteiger partial charge in [-0.2, -0.15) is 0 Å². The molecular weight excluding hydrogens is 204 g/mol. The van der Waals surface area contributed by atoms with Gasteiger partial charge in [0.05, 0.1) is 0 Å². The molecule has 0 aliphatic carbocycles. The first kappa shape index (κ1) is 17.4. The highest BCUT2D eigenvalue weighted by Gasteiger charge is 1.87. The average molecular weight is 233 g/mol. The molecule has 0 bridgehead atoms. The smallest absolute Gasteiger partial charge is 0.0351 e. The van der Waals surface area contributed by atoms with Crippen LogP contribution in [0, 0.1) is 0 Å². The second-order valence-corrected chi connectivity index (χ2v) is 4.17. The molecule has 1 heteroatoms. The normalized spacial score (nSPS) is 10.5. The summed E-state index contributed by atoms with van der Waals surface area (Å²) in [6.07, 6.45) is 18.5. The Hall–Kier alpha value is 0.0300. The molecule has 0 fully saturated rings. The molecule has 0 spiro atoms. The molecule has 0 heterocycles. The number of unbranched alkanes of at least 4 members (excludes halogenated alkanes) is 8. The fourth-order valence-electron chi connectivity index (χ4n) is 1.60. The average Bonchev–Trinajstić information content (AvgIpc) is 2.21. The Morgan fingerprint density at radius 3 is 1.67 bits per heavy atom. The first-order chi connectivity index (χ1) is 6.91. The van der Waals surface area contributed by atoms with Gasteiger partial charge in [-0.05, 0) is 19.3 Å². The molecule has 0 unspecified atom stereocenters. The van der Waals surface area contributed by atoms with Gasteiger partial charge in [0.15, 0.2) is 0 Å². The zero-order chi connectivity index (χ0) is 10.5. The van der Waals surface area contributed by atoms with Crippen molar-refractivity contribution in [1.29, 1.82) is 0 Å². The molecule has 0 aromatic heterocycles. The predicted molar refractivity (Wildman–Crippen MR) is 73.9 cm³/mol. The standard InChI is InChI=1S/C14H28.ClH/c1-3-5-7-9-11-13-14-12-10-8-6-4-2;/h9,11H,3-8,10,12-14H2,1-2H3;1H. The van der Waals surface area contributed by atoms with Gasteiger partial charge < -0.3 is 0 Å². The van der Waals surface area contributed by atoms with Crippen LogP contribution in [0.5, 0.6) is 0 Å². The Morgan fingerprint density at radius 1 is 0.600 bits per heavy atom. The van der Waals surface area contributed by atoms with Gasteiger partial charge in [-0.1, -0.05) is 70.9 Å². The third-order valence-electron chi connectivity index (χ3n) is 2.62. The van der Waals surface area contributed by atoms with Gasteiger partial charge in [-0.25, -0.2) is 0 Å². The van der Waals surface area contributed by atoms with E-state index in [1.54, 1.807) is 0 Å². The molecule has 0 N–H and O–H groups in total. The SMILES string of the molecule is CCCCC=CCCCCCCCC.Cl. The Bertz CT molecular complexity index is 119. The van der Waals surface area contributed by atoms with Crippen molar-refractivity contribution in [2.75, 3.05) is 0 Å². The maximum atomic E-state index is 2.37. The first-order valence-electron chi connectivity index (χ1n) is 6.56. The summed E-state index contributed by atoms with van der Waals surface area (Å²) < 4.78 is 0. The van der Waals surface area contributed by atoms with Crippen LogP contribution in [-0.2, 0) is 0 Å². The van der Waals surface area contributed by atoms with E-state index in [0.29, 0.717) is 0 Å². The van der Waals surface area contributed by atoms with Crippen LogP contribution in [0.15, 0.2) is 12.2 Å². The minimum absolute atomic E-state index is 0. The summed E-state index contributed by atoms with van der Waals surface area (Å²) in [7, 11) is 0. The molecule has 0 aromatic rings. The van der Waals surface area contributed by atoms with E-state index in [1.807, 2.05) is 0 Å². The van der Waals surface area contributed by atoms with E-state index in [-0.39, 0.29) is 12.4 Å². The van der Waals surface area contributed by atoms with E-state index in [4.69, 9.17) is 0 Å². The second kappa shape index (κ2) is 16.5. The summed E-state index contributed by atoms with van der Waals surface area (Å²) in [5.74, 6) is 0. The molecule has 15 heavy (non-hydrogen) atoms. The number of rotatable bonds is 10. The van der Waals surface area contributed by atoms with Crippen molar-refractivity contribution < 1.29 is 0 Å². The Labute approximate surface area is 103 Å². The third kappa shape index (κ3) is 16.7. The van der Waals surface area contributed by atoms with Crippen molar-refractivity contribution in [3.05, 3.63) is 12.2 Å². The highest BCUT2D eigenvalue weighted by atomic mass is 35.5. The summed E-state index contributed by atoms with van der Waals surface area (Å²) in [5.41, 5.74) is 0. The molecule has 0 saturated heterocycles. The van der Waals surface area contributed by atoms with Crippen molar-refractivity contribution in [2.24, 2.45) is 0 Å². The van der Waals surface area contributed by atoms with Crippen LogP contribution in [-0.4, -0.2) is 0 Å². The minimum Gasteiger partial charge on any atom is -0.147 e. The lowest BCUT2D eigenvalue weighted by molar-refractivity contribution is 0.611. The number of allylic oxidation sites excluding steroid dienone is 2. The van der Waals surface area contributed by atoms with Crippen molar-refractivity contribution in [3.63, 3.8) is 0 Å². The molecule has 0 atom stereocenters. The van der Waals surface area contributed by atoms with Gasteiger partial charge in [0, 0.05) is 0 Å². The van der Waals surface area contributed by atoms with Gasteiger partial charge in [0.1, 0.15) is 0 Å². The summed E-state index contributed by atoms with van der Waals surface area (Å²) in [4.78, 5) is 0. The quantitative estimate of drug-likeness (QED) is 0.325. The molecular formula is C14H29Cl. The summed E-state index contributed by atoms with van der Waals surface area (Å²) in [6.45, 7) is 4.53. The molecule has 0 nitrogen and oxygen atoms in total. The lowest BCUT2D eigenvalue weighted by Crippen LogP contribution is -1.77. The molecule has 0 rings (SSSR count). The highest BCUT2D eigenvalue weighted by molar-refractivity contribution is 5.85. The van der Waals surface area contributed by atoms with Crippen LogP contribution < -0.4 is 0 Å². The second-order valence-electron chi connectivity index (χ2n) is 4.17. The van der Waals surface area contributed by atoms with E-state index in [1.165, 1.54) is 64.2 Å². The van der Waals surface area contributed by atoms with Crippen LogP contribution in [0.25, 0.3) is 0 Å². The van der Waals surface area contributed by atoms with E-state index in [0.717, 1.165) is 0 Å². The van der Waals surface area contributed by atoms with E-state index < -0.39 is 0 Å². The van der Waals surface area contributed by atoms with Crippen molar-refractivity contribution in [2.45, 2.75) is 78.1 Å². The summed E-state index contributed by atoms with van der Waals surface area (Å²) in [6, 6.07) is 0. The van der Waals surface area contributed by atoms with Crippen molar-refractivity contribution in [1.82, 2.24) is 0 Å². The number of halogens is 1. The Kier molecular flexibility index (Phi) is 19.1. The maximum absolute atomic E-state index is 2.37. The summed E-state index contributed by atoms with van der Waals surface area (Å²) in [5, 5.41) is 0. The zero-order valence-electron chi connectivity index (χ0n) is 10.6. The van der Waals surface area contributed by atoms with Gasteiger partial charge in [0.25, 0.3) is 0 Å². The zero-order valence-corrected chi connectivity index (χ0v) is 11.5. The molecule has 0 aromatic carbocycles. The molecule has 0 radical (unpaired) electrons. The lowest BCUT2D eigenvalue weighted by atomic mass is 10.1. The number of hydrogen-bond donors (Lipinski definition) is 0. The topological polar surface area (TPSA) is 0 Å². The van der Waals surface area contributed by atoms with Gasteiger partial charge >= 0.3 is 0 Å². The molecule has 0 aliphatic rings. The van der Waals surface area contributed by atoms with Crippen LogP contribution in [0.1, 0.15) is 78.1 Å². The number of hydrogen-bond acceptors (Lipinski definition) is 0. The van der Waals surface area contributed by atoms with Gasteiger partial charge in [0.2, 0.25) is 0 Å². The first-order valence-corrected chi connectivity index (χ1v) is 6.56. The molecule has 92 valence electrons. The van der Waals surface area contributed by atoms with Crippen LogP contribution in [0.4, 0.5) is 0 Å². The fraction of sp³-hybridized carbons (Fsp3) is 0.857. The Balaban J connectivity index is 0. The minimum atomic E-state index is 0. The van der Waals surface area contributed by atoms with E-state index >= 15 is 0 Å². The van der Waals surface area contributed by atoms with E-state index in [9.17, 15) is 0 Å². The maximum Gasteiger partial charge on any atom is -0.0351 e. The summed E-state index contributed by atoms with van der Waals surface area (Å²) >= 11 is 0. The lowest BCUT2D eigenvalue weighted by Gasteiger charge is -1.97. The molecule has 0 aliphatic heterocycles. The monoisotopic (exact) mass is 232 g/mol. The van der Waals surface area contributed by atoms with Crippen LogP contribution >= 0.6 is 12.4 Å². The van der Waals surface area contributed by atoms with E-state index in [2.05, 4.69) is 26.0 Å². The fourth-order valence-corrected chi connectivity index (χ4v) is 1.60. The molecule has 0 saturated carbocycles. The highest BCUT2D eigenvalue weighted by Crippen LogP contribution is 2.07. The van der Waals surface area contributed by atoms with Crippen LogP contribution in [0.3, 0.4) is 0 Å². The third-order valence-corrected chi connectivity index (χ3v) is 2.62. The molecule has 0 amide bonds. The van der Waals surface area contributed by atoms with Crippen LogP contribution in [0.2, 0.25) is 0 Å². The van der Waals surface area contributed by atoms with Gasteiger partial charge in [-0.3, -0.25) is 0 Å².